The van der Waals surface area contributed by atoms with Crippen LogP contribution in [0.1, 0.15) is 18.4 Å². The van der Waals surface area contributed by atoms with Crippen LogP contribution in [0, 0.1) is 0 Å². The number of benzene rings is 1. The van der Waals surface area contributed by atoms with Crippen molar-refractivity contribution in [3.05, 3.63) is 52.4 Å². The fourth-order valence-electron chi connectivity index (χ4n) is 3.16. The molecule has 7 heteroatoms. The number of anilines is 1. The molecule has 1 amide bonds. The highest BCUT2D eigenvalue weighted by molar-refractivity contribution is 5.79. The van der Waals surface area contributed by atoms with Gasteiger partial charge >= 0.3 is 0 Å². The lowest BCUT2D eigenvalue weighted by molar-refractivity contribution is -0.121. The topological polar surface area (TPSA) is 76.5 Å². The third kappa shape index (κ3) is 4.41. The van der Waals surface area contributed by atoms with E-state index >= 15 is 0 Å². The molecule has 1 aliphatic rings. The zero-order valence-electron chi connectivity index (χ0n) is 15.1. The Labute approximate surface area is 152 Å². The number of nitrogens with zero attached hydrogens (tertiary/aromatic N) is 3. The lowest BCUT2D eigenvalue weighted by atomic mass is 10.0. The first-order valence-electron chi connectivity index (χ1n) is 8.76. The van der Waals surface area contributed by atoms with Crippen LogP contribution in [0.25, 0.3) is 0 Å². The molecule has 1 fully saturated rings. The molecule has 2 heterocycles. The van der Waals surface area contributed by atoms with Crippen LogP contribution in [0.4, 0.5) is 5.69 Å². The number of methoxy groups -OCH3 is 1. The summed E-state index contributed by atoms with van der Waals surface area (Å²) in [5.74, 6) is 0.776. The molecular formula is C19H24N4O3. The number of hydrogen-bond donors (Lipinski definition) is 1. The number of nitrogens with one attached hydrogen (secondary N) is 1. The molecule has 7 nitrogen and oxygen atoms in total. The Kier molecular flexibility index (Phi) is 5.55. The number of carbonyl (C=O) groups excluding carboxylic acids is 1. The zero-order valence-corrected chi connectivity index (χ0v) is 15.1. The predicted molar refractivity (Wildman–Crippen MR) is 99.6 cm³/mol. The van der Waals surface area contributed by atoms with Gasteiger partial charge in [0.15, 0.2) is 0 Å². The van der Waals surface area contributed by atoms with Crippen LogP contribution in [0.3, 0.4) is 0 Å². The molecule has 138 valence electrons. The van der Waals surface area contributed by atoms with Gasteiger partial charge in [0.2, 0.25) is 5.91 Å². The smallest absolute Gasteiger partial charge is 0.268 e. The van der Waals surface area contributed by atoms with E-state index in [0.717, 1.165) is 42.9 Å². The van der Waals surface area contributed by atoms with Crippen LogP contribution in [0.15, 0.2) is 41.3 Å². The minimum Gasteiger partial charge on any atom is -0.497 e. The summed E-state index contributed by atoms with van der Waals surface area (Å²) in [7, 11) is 3.25. The molecule has 0 unspecified atom stereocenters. The highest BCUT2D eigenvalue weighted by atomic mass is 16.5. The molecule has 1 aromatic carbocycles. The lowest BCUT2D eigenvalue weighted by Gasteiger charge is -2.33. The number of aromatic nitrogens is 2. The fourth-order valence-corrected chi connectivity index (χ4v) is 3.16. The first-order chi connectivity index (χ1) is 12.5. The van der Waals surface area contributed by atoms with Gasteiger partial charge in [0.05, 0.1) is 25.4 Å². The first-order valence-corrected chi connectivity index (χ1v) is 8.76. The SMILES string of the molecule is COc1cccc(CC(=O)NC2CCN(c3cnn(C)c(=O)c3)CC2)c1. The number of amides is 1. The van der Waals surface area contributed by atoms with Crippen molar-refractivity contribution in [3.63, 3.8) is 0 Å². The summed E-state index contributed by atoms with van der Waals surface area (Å²) < 4.78 is 6.50. The monoisotopic (exact) mass is 356 g/mol. The van der Waals surface area contributed by atoms with Gasteiger partial charge in [-0.05, 0) is 30.5 Å². The van der Waals surface area contributed by atoms with Crippen LogP contribution in [-0.2, 0) is 18.3 Å². The number of aryl methyl sites for hydroxylation is 1. The van der Waals surface area contributed by atoms with Crippen molar-refractivity contribution in [3.8, 4) is 5.75 Å². The average molecular weight is 356 g/mol. The summed E-state index contributed by atoms with van der Waals surface area (Å²) in [6.07, 6.45) is 3.75. The Bertz CT molecular complexity index is 826. The summed E-state index contributed by atoms with van der Waals surface area (Å²) in [6.45, 7) is 1.58. The number of rotatable bonds is 5. The van der Waals surface area contributed by atoms with Gasteiger partial charge in [-0.1, -0.05) is 12.1 Å². The molecule has 0 spiro atoms. The summed E-state index contributed by atoms with van der Waals surface area (Å²) in [4.78, 5) is 26.2. The van der Waals surface area contributed by atoms with Crippen LogP contribution < -0.4 is 20.5 Å². The Balaban J connectivity index is 1.51. The summed E-state index contributed by atoms with van der Waals surface area (Å²) in [6, 6.07) is 9.32. The van der Waals surface area contributed by atoms with Gasteiger partial charge in [-0.25, -0.2) is 4.68 Å². The van der Waals surface area contributed by atoms with E-state index in [4.69, 9.17) is 4.74 Å². The molecule has 0 radical (unpaired) electrons. The highest BCUT2D eigenvalue weighted by Crippen LogP contribution is 2.18. The zero-order chi connectivity index (χ0) is 18.5. The Morgan fingerprint density at radius 1 is 1.31 bits per heavy atom. The van der Waals surface area contributed by atoms with Gasteiger partial charge < -0.3 is 15.0 Å². The van der Waals surface area contributed by atoms with Gasteiger partial charge in [-0.15, -0.1) is 0 Å². The molecule has 0 saturated carbocycles. The van der Waals surface area contributed by atoms with Crippen LogP contribution >= 0.6 is 0 Å². The van der Waals surface area contributed by atoms with E-state index in [1.165, 1.54) is 4.68 Å². The third-order valence-electron chi connectivity index (χ3n) is 4.68. The van der Waals surface area contributed by atoms with Crippen LogP contribution in [-0.4, -0.2) is 41.9 Å². The minimum absolute atomic E-state index is 0.0203. The second-order valence-electron chi connectivity index (χ2n) is 6.53. The van der Waals surface area contributed by atoms with Gasteiger partial charge in [-0.2, -0.15) is 5.10 Å². The number of ether oxygens (including phenoxy) is 1. The second-order valence-corrected chi connectivity index (χ2v) is 6.53. The van der Waals surface area contributed by atoms with Gasteiger partial charge in [0.25, 0.3) is 5.56 Å². The molecule has 0 atom stereocenters. The molecule has 2 aromatic rings. The number of hydrogen-bond acceptors (Lipinski definition) is 5. The Hall–Kier alpha value is -2.83. The largest absolute Gasteiger partial charge is 0.497 e. The molecule has 1 aromatic heterocycles. The van der Waals surface area contributed by atoms with E-state index in [1.54, 1.807) is 26.4 Å². The highest BCUT2D eigenvalue weighted by Gasteiger charge is 2.21. The molecule has 1 aliphatic heterocycles. The van der Waals surface area contributed by atoms with E-state index in [9.17, 15) is 9.59 Å². The summed E-state index contributed by atoms with van der Waals surface area (Å²) in [5.41, 5.74) is 1.66. The van der Waals surface area contributed by atoms with E-state index < -0.39 is 0 Å². The first kappa shape index (κ1) is 18.0. The third-order valence-corrected chi connectivity index (χ3v) is 4.68. The average Bonchev–Trinajstić information content (AvgIpc) is 2.65. The molecule has 3 rings (SSSR count). The van der Waals surface area contributed by atoms with E-state index in [2.05, 4.69) is 15.3 Å². The van der Waals surface area contributed by atoms with E-state index in [1.807, 2.05) is 24.3 Å². The predicted octanol–water partition coefficient (Wildman–Crippen LogP) is 1.12. The van der Waals surface area contributed by atoms with Crippen molar-refractivity contribution in [2.24, 2.45) is 7.05 Å². The molecule has 26 heavy (non-hydrogen) atoms. The van der Waals surface area contributed by atoms with Crippen LogP contribution in [0.2, 0.25) is 0 Å². The summed E-state index contributed by atoms with van der Waals surface area (Å²) >= 11 is 0. The van der Waals surface area contributed by atoms with Crippen molar-refractivity contribution in [2.75, 3.05) is 25.1 Å². The van der Waals surface area contributed by atoms with E-state index in [0.29, 0.717) is 6.42 Å². The maximum absolute atomic E-state index is 12.3. The molecule has 1 saturated heterocycles. The maximum Gasteiger partial charge on any atom is 0.268 e. The molecule has 0 bridgehead atoms. The molecule has 1 N–H and O–H groups in total. The standard InChI is InChI=1S/C19H24N4O3/c1-22-19(25)12-16(13-20-22)23-8-6-15(7-9-23)21-18(24)11-14-4-3-5-17(10-14)26-2/h3-5,10,12-13,15H,6-9,11H2,1-2H3,(H,21,24). The van der Waals surface area contributed by atoms with Crippen molar-refractivity contribution in [1.29, 1.82) is 0 Å². The van der Waals surface area contributed by atoms with Crippen molar-refractivity contribution >= 4 is 11.6 Å². The van der Waals surface area contributed by atoms with Crippen molar-refractivity contribution < 1.29 is 9.53 Å². The van der Waals surface area contributed by atoms with Gasteiger partial charge in [-0.3, -0.25) is 9.59 Å². The maximum atomic E-state index is 12.3. The number of carbonyl (C=O) groups is 1. The van der Waals surface area contributed by atoms with Crippen molar-refractivity contribution in [2.45, 2.75) is 25.3 Å². The molecular weight excluding hydrogens is 332 g/mol. The summed E-state index contributed by atoms with van der Waals surface area (Å²) in [5, 5.41) is 7.17. The van der Waals surface area contributed by atoms with E-state index in [-0.39, 0.29) is 17.5 Å². The second kappa shape index (κ2) is 8.03. The quantitative estimate of drug-likeness (QED) is 0.869. The van der Waals surface area contributed by atoms with Gasteiger partial charge in [0, 0.05) is 32.2 Å². The molecule has 0 aliphatic carbocycles. The van der Waals surface area contributed by atoms with Crippen molar-refractivity contribution in [1.82, 2.24) is 15.1 Å². The Morgan fingerprint density at radius 3 is 2.77 bits per heavy atom. The minimum atomic E-state index is -0.115. The van der Waals surface area contributed by atoms with Crippen LogP contribution in [0.5, 0.6) is 5.75 Å². The Morgan fingerprint density at radius 2 is 2.08 bits per heavy atom. The fraction of sp³-hybridized carbons (Fsp3) is 0.421. The number of piperidine rings is 1. The normalized spacial score (nSPS) is 14.9. The lowest BCUT2D eigenvalue weighted by Crippen LogP contribution is -2.45. The van der Waals surface area contributed by atoms with Gasteiger partial charge in [0.1, 0.15) is 5.75 Å².